The largest absolute Gasteiger partial charge is 0.493 e. The fourth-order valence-electron chi connectivity index (χ4n) is 3.53. The summed E-state index contributed by atoms with van der Waals surface area (Å²) >= 11 is 3.53. The molecule has 0 saturated carbocycles. The molecule has 5 nitrogen and oxygen atoms in total. The van der Waals surface area contributed by atoms with Crippen LogP contribution in [0.3, 0.4) is 0 Å². The summed E-state index contributed by atoms with van der Waals surface area (Å²) in [6.45, 7) is 0.363. The summed E-state index contributed by atoms with van der Waals surface area (Å²) < 4.78 is 12.3. The van der Waals surface area contributed by atoms with Crippen LogP contribution in [0.25, 0.3) is 16.8 Å². The number of nitriles is 1. The fourth-order valence-corrected chi connectivity index (χ4v) is 3.97. The minimum Gasteiger partial charge on any atom is -0.493 e. The van der Waals surface area contributed by atoms with E-state index in [-0.39, 0.29) is 5.57 Å². The second-order valence-corrected chi connectivity index (χ2v) is 8.30. The number of methoxy groups -OCH3 is 1. The molecule has 0 heterocycles. The van der Waals surface area contributed by atoms with Gasteiger partial charge in [0.25, 0.3) is 5.91 Å². The van der Waals surface area contributed by atoms with Crippen LogP contribution in [0.15, 0.2) is 95.0 Å². The molecule has 0 aliphatic heterocycles. The molecule has 1 amide bonds. The second-order valence-electron chi connectivity index (χ2n) is 7.44. The Morgan fingerprint density at radius 3 is 2.50 bits per heavy atom. The van der Waals surface area contributed by atoms with E-state index in [0.717, 1.165) is 16.3 Å². The van der Waals surface area contributed by atoms with Crippen LogP contribution in [0.1, 0.15) is 11.1 Å². The van der Waals surface area contributed by atoms with Crippen molar-refractivity contribution in [3.63, 3.8) is 0 Å². The molecule has 34 heavy (non-hydrogen) atoms. The number of rotatable bonds is 7. The van der Waals surface area contributed by atoms with Crippen LogP contribution in [0.2, 0.25) is 0 Å². The second kappa shape index (κ2) is 10.7. The summed E-state index contributed by atoms with van der Waals surface area (Å²) in [5.41, 5.74) is 2.26. The van der Waals surface area contributed by atoms with Crippen molar-refractivity contribution in [2.24, 2.45) is 0 Å². The Bertz CT molecular complexity index is 1400. The van der Waals surface area contributed by atoms with Gasteiger partial charge in [-0.3, -0.25) is 4.79 Å². The summed E-state index contributed by atoms with van der Waals surface area (Å²) in [5.74, 6) is 0.554. The standard InChI is InChI=1S/C28H21BrN2O3/c1-33-26-15-21(14-22(17-30)28(32)31-23-11-3-2-4-12-23)25(29)16-27(26)34-18-20-10-7-9-19-8-5-6-13-24(19)20/h2-16H,18H2,1H3,(H,31,32)/b22-14-. The van der Waals surface area contributed by atoms with Crippen LogP contribution in [-0.4, -0.2) is 13.0 Å². The van der Waals surface area contributed by atoms with E-state index in [1.54, 1.807) is 31.4 Å². The van der Waals surface area contributed by atoms with Gasteiger partial charge < -0.3 is 14.8 Å². The van der Waals surface area contributed by atoms with E-state index in [0.29, 0.717) is 33.8 Å². The van der Waals surface area contributed by atoms with E-state index in [4.69, 9.17) is 9.47 Å². The highest BCUT2D eigenvalue weighted by Crippen LogP contribution is 2.35. The molecule has 0 bridgehead atoms. The maximum absolute atomic E-state index is 12.6. The Morgan fingerprint density at radius 2 is 1.74 bits per heavy atom. The molecule has 0 atom stereocenters. The first-order valence-corrected chi connectivity index (χ1v) is 11.3. The van der Waals surface area contributed by atoms with E-state index >= 15 is 0 Å². The monoisotopic (exact) mass is 512 g/mol. The number of nitrogens with zero attached hydrogens (tertiary/aromatic N) is 1. The number of fused-ring (bicyclic) bond motifs is 1. The first-order valence-electron chi connectivity index (χ1n) is 10.5. The van der Waals surface area contributed by atoms with Crippen molar-refractivity contribution in [2.45, 2.75) is 6.61 Å². The first kappa shape index (κ1) is 23.1. The average molecular weight is 513 g/mol. The molecule has 4 aromatic rings. The third-order valence-electron chi connectivity index (χ3n) is 5.24. The zero-order valence-corrected chi connectivity index (χ0v) is 20.0. The molecule has 0 fully saturated rings. The van der Waals surface area contributed by atoms with Crippen molar-refractivity contribution in [1.82, 2.24) is 0 Å². The van der Waals surface area contributed by atoms with E-state index in [1.165, 1.54) is 6.08 Å². The van der Waals surface area contributed by atoms with Crippen LogP contribution < -0.4 is 14.8 Å². The number of nitrogens with one attached hydrogen (secondary N) is 1. The van der Waals surface area contributed by atoms with Gasteiger partial charge in [-0.2, -0.15) is 5.26 Å². The number of hydrogen-bond donors (Lipinski definition) is 1. The quantitative estimate of drug-likeness (QED) is 0.220. The molecule has 4 aromatic carbocycles. The number of halogens is 1. The molecule has 0 aliphatic rings. The average Bonchev–Trinajstić information content (AvgIpc) is 2.87. The molecule has 0 spiro atoms. The van der Waals surface area contributed by atoms with Crippen LogP contribution in [0, 0.1) is 11.3 Å². The molecule has 0 unspecified atom stereocenters. The number of carbonyl (C=O) groups excluding carboxylic acids is 1. The summed E-state index contributed by atoms with van der Waals surface area (Å²) in [5, 5.41) is 14.6. The Labute approximate surface area is 206 Å². The predicted molar refractivity (Wildman–Crippen MR) is 138 cm³/mol. The van der Waals surface area contributed by atoms with E-state index in [1.807, 2.05) is 48.5 Å². The summed E-state index contributed by atoms with van der Waals surface area (Å²) in [6.07, 6.45) is 1.51. The molecule has 6 heteroatoms. The highest BCUT2D eigenvalue weighted by Gasteiger charge is 2.14. The number of hydrogen-bond acceptors (Lipinski definition) is 4. The van der Waals surface area contributed by atoms with Gasteiger partial charge in [0.05, 0.1) is 7.11 Å². The molecule has 0 saturated heterocycles. The Morgan fingerprint density at radius 1 is 1.00 bits per heavy atom. The van der Waals surface area contributed by atoms with E-state index in [9.17, 15) is 10.1 Å². The van der Waals surface area contributed by atoms with Gasteiger partial charge in [-0.1, -0.05) is 76.6 Å². The smallest absolute Gasteiger partial charge is 0.266 e. The lowest BCUT2D eigenvalue weighted by atomic mass is 10.1. The van der Waals surface area contributed by atoms with Gasteiger partial charge in [-0.05, 0) is 52.2 Å². The van der Waals surface area contributed by atoms with Gasteiger partial charge in [0, 0.05) is 10.2 Å². The molecule has 1 N–H and O–H groups in total. The molecular formula is C28H21BrN2O3. The summed E-state index contributed by atoms with van der Waals surface area (Å²) in [4.78, 5) is 12.6. The summed E-state index contributed by atoms with van der Waals surface area (Å²) in [6, 6.07) is 28.7. The lowest BCUT2D eigenvalue weighted by Gasteiger charge is -2.14. The zero-order chi connectivity index (χ0) is 23.9. The third-order valence-corrected chi connectivity index (χ3v) is 5.93. The summed E-state index contributed by atoms with van der Waals surface area (Å²) in [7, 11) is 1.55. The minimum absolute atomic E-state index is 0.0315. The van der Waals surface area contributed by atoms with Crippen LogP contribution in [0.4, 0.5) is 5.69 Å². The van der Waals surface area contributed by atoms with Gasteiger partial charge in [0.15, 0.2) is 11.5 Å². The molecule has 0 aliphatic carbocycles. The van der Waals surface area contributed by atoms with Gasteiger partial charge in [0.2, 0.25) is 0 Å². The van der Waals surface area contributed by atoms with E-state index < -0.39 is 5.91 Å². The molecular weight excluding hydrogens is 492 g/mol. The zero-order valence-electron chi connectivity index (χ0n) is 18.4. The van der Waals surface area contributed by atoms with Crippen molar-refractivity contribution < 1.29 is 14.3 Å². The van der Waals surface area contributed by atoms with Gasteiger partial charge >= 0.3 is 0 Å². The molecule has 0 radical (unpaired) electrons. The molecule has 0 aromatic heterocycles. The van der Waals surface area contributed by atoms with Gasteiger partial charge in [-0.15, -0.1) is 0 Å². The maximum atomic E-state index is 12.6. The Kier molecular flexibility index (Phi) is 7.26. The lowest BCUT2D eigenvalue weighted by Crippen LogP contribution is -2.13. The first-order chi connectivity index (χ1) is 16.6. The number of amides is 1. The maximum Gasteiger partial charge on any atom is 0.266 e. The lowest BCUT2D eigenvalue weighted by molar-refractivity contribution is -0.112. The van der Waals surface area contributed by atoms with Crippen molar-refractivity contribution in [3.8, 4) is 17.6 Å². The van der Waals surface area contributed by atoms with E-state index in [2.05, 4.69) is 39.4 Å². The van der Waals surface area contributed by atoms with Gasteiger partial charge in [-0.25, -0.2) is 0 Å². The number of benzene rings is 4. The predicted octanol–water partition coefficient (Wildman–Crippen LogP) is 6.74. The number of para-hydroxylation sites is 1. The minimum atomic E-state index is -0.490. The van der Waals surface area contributed by atoms with Crippen molar-refractivity contribution in [3.05, 3.63) is 106 Å². The molecule has 168 valence electrons. The van der Waals surface area contributed by atoms with Crippen molar-refractivity contribution >= 4 is 44.4 Å². The van der Waals surface area contributed by atoms with Gasteiger partial charge in [0.1, 0.15) is 18.2 Å². The highest BCUT2D eigenvalue weighted by molar-refractivity contribution is 9.10. The molecule has 4 rings (SSSR count). The Balaban J connectivity index is 1.57. The topological polar surface area (TPSA) is 71.3 Å². The van der Waals surface area contributed by atoms with Crippen LogP contribution >= 0.6 is 15.9 Å². The van der Waals surface area contributed by atoms with Crippen molar-refractivity contribution in [1.29, 1.82) is 5.26 Å². The SMILES string of the molecule is COc1cc(/C=C(/C#N)C(=O)Nc2ccccc2)c(Br)cc1OCc1cccc2ccccc12. The van der Waals surface area contributed by atoms with Crippen molar-refractivity contribution in [2.75, 3.05) is 12.4 Å². The Hall–Kier alpha value is -4.08. The fraction of sp³-hybridized carbons (Fsp3) is 0.0714. The number of anilines is 1. The van der Waals surface area contributed by atoms with Crippen LogP contribution in [0.5, 0.6) is 11.5 Å². The number of ether oxygens (including phenoxy) is 2. The highest BCUT2D eigenvalue weighted by atomic mass is 79.9. The third kappa shape index (κ3) is 5.28. The number of carbonyl (C=O) groups is 1. The normalized spacial score (nSPS) is 11.0. The van der Waals surface area contributed by atoms with Crippen LogP contribution in [-0.2, 0) is 11.4 Å².